The van der Waals surface area contributed by atoms with Crippen LogP contribution in [0.1, 0.15) is 28.8 Å². The van der Waals surface area contributed by atoms with Crippen LogP contribution in [0.4, 0.5) is 0 Å². The lowest BCUT2D eigenvalue weighted by Gasteiger charge is -2.27. The van der Waals surface area contributed by atoms with Gasteiger partial charge in [0.2, 0.25) is 5.12 Å². The van der Waals surface area contributed by atoms with E-state index in [-0.39, 0.29) is 17.3 Å². The summed E-state index contributed by atoms with van der Waals surface area (Å²) in [5.41, 5.74) is 1.70. The predicted molar refractivity (Wildman–Crippen MR) is 116 cm³/mol. The number of halogens is 1. The van der Waals surface area contributed by atoms with Crippen LogP contribution in [0.5, 0.6) is 11.5 Å². The molecule has 5 nitrogen and oxygen atoms in total. The molecule has 4 rings (SSSR count). The van der Waals surface area contributed by atoms with E-state index in [4.69, 9.17) is 20.2 Å². The van der Waals surface area contributed by atoms with Gasteiger partial charge in [0.15, 0.2) is 5.78 Å². The van der Waals surface area contributed by atoms with Crippen molar-refractivity contribution in [2.24, 2.45) is 4.99 Å². The SMILES string of the molecule is COc1ccc(SCl)c2c1C(=O)CC(CC=C1N=C(c3ccccc3)SC1=O)O2. The fourth-order valence-corrected chi connectivity index (χ4v) is 4.71. The predicted octanol–water partition coefficient (Wildman–Crippen LogP) is 5.27. The number of methoxy groups -OCH3 is 1. The third-order valence-electron chi connectivity index (χ3n) is 4.58. The van der Waals surface area contributed by atoms with Crippen LogP contribution in [-0.4, -0.2) is 29.2 Å². The average molecular weight is 446 g/mol. The van der Waals surface area contributed by atoms with E-state index in [1.807, 2.05) is 30.3 Å². The smallest absolute Gasteiger partial charge is 0.243 e. The minimum absolute atomic E-state index is 0.0698. The zero-order valence-corrected chi connectivity index (χ0v) is 17.8. The van der Waals surface area contributed by atoms with Crippen LogP contribution in [0.3, 0.4) is 0 Å². The van der Waals surface area contributed by atoms with E-state index in [1.165, 1.54) is 7.11 Å². The number of aliphatic imine (C=N–C) groups is 1. The van der Waals surface area contributed by atoms with Gasteiger partial charge in [-0.05, 0) is 45.6 Å². The molecule has 2 aliphatic rings. The molecule has 0 bridgehead atoms. The van der Waals surface area contributed by atoms with Gasteiger partial charge in [-0.3, -0.25) is 9.59 Å². The van der Waals surface area contributed by atoms with Crippen LogP contribution >= 0.6 is 33.4 Å². The van der Waals surface area contributed by atoms with E-state index in [1.54, 1.807) is 18.2 Å². The van der Waals surface area contributed by atoms with E-state index in [0.717, 1.165) is 28.3 Å². The van der Waals surface area contributed by atoms with Crippen molar-refractivity contribution < 1.29 is 19.1 Å². The van der Waals surface area contributed by atoms with Crippen molar-refractivity contribution >= 4 is 49.4 Å². The molecule has 2 heterocycles. The van der Waals surface area contributed by atoms with Gasteiger partial charge in [0.1, 0.15) is 33.9 Å². The zero-order chi connectivity index (χ0) is 20.4. The summed E-state index contributed by atoms with van der Waals surface area (Å²) in [6, 6.07) is 13.0. The van der Waals surface area contributed by atoms with Crippen molar-refractivity contribution in [2.75, 3.05) is 7.11 Å². The lowest BCUT2D eigenvalue weighted by molar-refractivity contribution is -0.107. The number of thioether (sulfide) groups is 1. The number of fused-ring (bicyclic) bond motifs is 1. The Morgan fingerprint density at radius 3 is 2.79 bits per heavy atom. The van der Waals surface area contributed by atoms with Gasteiger partial charge >= 0.3 is 0 Å². The number of nitrogens with zero attached hydrogens (tertiary/aromatic N) is 1. The van der Waals surface area contributed by atoms with Gasteiger partial charge in [-0.1, -0.05) is 36.4 Å². The highest BCUT2D eigenvalue weighted by atomic mass is 35.7. The van der Waals surface area contributed by atoms with Crippen molar-refractivity contribution in [3.63, 3.8) is 0 Å². The second-order valence-corrected chi connectivity index (χ2v) is 8.43. The monoisotopic (exact) mass is 445 g/mol. The number of carbonyl (C=O) groups is 2. The summed E-state index contributed by atoms with van der Waals surface area (Å²) in [4.78, 5) is 30.1. The number of ketones is 1. The summed E-state index contributed by atoms with van der Waals surface area (Å²) in [6.07, 6.45) is 1.93. The molecule has 0 saturated heterocycles. The van der Waals surface area contributed by atoms with Crippen molar-refractivity contribution in [2.45, 2.75) is 23.8 Å². The highest BCUT2D eigenvalue weighted by Gasteiger charge is 2.32. The minimum atomic E-state index is -0.397. The molecular weight excluding hydrogens is 430 g/mol. The molecule has 0 N–H and O–H groups in total. The van der Waals surface area contributed by atoms with Crippen LogP contribution in [0.15, 0.2) is 64.1 Å². The lowest BCUT2D eigenvalue weighted by Crippen LogP contribution is -2.27. The lowest BCUT2D eigenvalue weighted by atomic mass is 9.98. The first-order valence-corrected chi connectivity index (χ1v) is 11.3. The molecule has 2 aliphatic heterocycles. The molecule has 0 radical (unpaired) electrons. The molecule has 2 aromatic carbocycles. The summed E-state index contributed by atoms with van der Waals surface area (Å²) in [5.74, 6) is 0.833. The van der Waals surface area contributed by atoms with E-state index in [0.29, 0.717) is 39.1 Å². The Morgan fingerprint density at radius 2 is 2.07 bits per heavy atom. The van der Waals surface area contributed by atoms with Gasteiger partial charge < -0.3 is 9.47 Å². The van der Waals surface area contributed by atoms with Crippen LogP contribution in [-0.2, 0) is 4.79 Å². The zero-order valence-electron chi connectivity index (χ0n) is 15.4. The third-order valence-corrected chi connectivity index (χ3v) is 6.48. The normalized spacial score (nSPS) is 19.7. The largest absolute Gasteiger partial charge is 0.496 e. The maximum atomic E-state index is 12.7. The van der Waals surface area contributed by atoms with Gasteiger partial charge in [-0.25, -0.2) is 4.99 Å². The van der Waals surface area contributed by atoms with E-state index >= 15 is 0 Å². The van der Waals surface area contributed by atoms with Gasteiger partial charge in [0.25, 0.3) is 0 Å². The molecule has 1 unspecified atom stereocenters. The highest BCUT2D eigenvalue weighted by molar-refractivity contribution is 8.27. The van der Waals surface area contributed by atoms with E-state index < -0.39 is 6.10 Å². The minimum Gasteiger partial charge on any atom is -0.496 e. The molecule has 1 atom stereocenters. The first kappa shape index (κ1) is 20.1. The highest BCUT2D eigenvalue weighted by Crippen LogP contribution is 2.43. The number of ether oxygens (including phenoxy) is 2. The summed E-state index contributed by atoms with van der Waals surface area (Å²) in [7, 11) is 8.44. The number of hydrogen-bond donors (Lipinski definition) is 0. The Balaban J connectivity index is 1.55. The van der Waals surface area contributed by atoms with Crippen molar-refractivity contribution in [3.05, 3.63) is 65.4 Å². The fourth-order valence-electron chi connectivity index (χ4n) is 3.20. The molecule has 0 fully saturated rings. The Kier molecular flexibility index (Phi) is 5.99. The van der Waals surface area contributed by atoms with E-state index in [2.05, 4.69) is 4.99 Å². The summed E-state index contributed by atoms with van der Waals surface area (Å²) in [5, 5.41) is 0.573. The number of carbonyl (C=O) groups excluding carboxylic acids is 2. The second kappa shape index (κ2) is 8.65. The number of Topliss-reactive ketones (excluding diaryl/α,β-unsaturated/α-hetero) is 1. The van der Waals surface area contributed by atoms with Crippen molar-refractivity contribution in [3.8, 4) is 11.5 Å². The van der Waals surface area contributed by atoms with E-state index in [9.17, 15) is 9.59 Å². The Morgan fingerprint density at radius 1 is 1.28 bits per heavy atom. The topological polar surface area (TPSA) is 65.0 Å². The van der Waals surface area contributed by atoms with Crippen LogP contribution in [0.2, 0.25) is 0 Å². The van der Waals surface area contributed by atoms with Crippen LogP contribution < -0.4 is 9.47 Å². The molecule has 0 saturated carbocycles. The molecule has 0 spiro atoms. The standard InChI is InChI=1S/C21H16ClNO4S2/c1-26-16-9-10-17(29-22)19-18(16)15(24)11-13(27-19)7-8-14-21(25)28-20(23-14)12-5-3-2-4-6-12/h2-6,8-10,13H,7,11H2,1H3. The third kappa shape index (κ3) is 4.08. The molecule has 0 amide bonds. The molecule has 2 aromatic rings. The van der Waals surface area contributed by atoms with Gasteiger partial charge in [0.05, 0.1) is 12.0 Å². The number of rotatable bonds is 5. The summed E-state index contributed by atoms with van der Waals surface area (Å²) < 4.78 is 11.4. The Bertz CT molecular complexity index is 1040. The molecular formula is C21H16ClNO4S2. The number of hydrogen-bond acceptors (Lipinski definition) is 7. The molecule has 29 heavy (non-hydrogen) atoms. The first-order chi connectivity index (χ1) is 14.1. The Hall–Kier alpha value is -2.22. The maximum Gasteiger partial charge on any atom is 0.243 e. The van der Waals surface area contributed by atoms with Gasteiger partial charge in [-0.15, -0.1) is 0 Å². The first-order valence-electron chi connectivity index (χ1n) is 8.86. The summed E-state index contributed by atoms with van der Waals surface area (Å²) in [6.45, 7) is 0. The average Bonchev–Trinajstić information content (AvgIpc) is 3.12. The number of benzene rings is 2. The summed E-state index contributed by atoms with van der Waals surface area (Å²) >= 11 is 1.11. The fraction of sp³-hybridized carbons (Fsp3) is 0.190. The quantitative estimate of drug-likeness (QED) is 0.584. The van der Waals surface area contributed by atoms with Crippen molar-refractivity contribution in [1.82, 2.24) is 0 Å². The van der Waals surface area contributed by atoms with Gasteiger partial charge in [-0.2, -0.15) is 0 Å². The van der Waals surface area contributed by atoms with Crippen LogP contribution in [0.25, 0.3) is 0 Å². The van der Waals surface area contributed by atoms with Crippen molar-refractivity contribution in [1.29, 1.82) is 0 Å². The second-order valence-electron chi connectivity index (χ2n) is 6.41. The maximum absolute atomic E-state index is 12.7. The van der Waals surface area contributed by atoms with Crippen LogP contribution in [0, 0.1) is 0 Å². The molecule has 0 aliphatic carbocycles. The Labute approximate surface area is 181 Å². The molecule has 8 heteroatoms. The van der Waals surface area contributed by atoms with Gasteiger partial charge in [0, 0.05) is 18.4 Å². The molecule has 148 valence electrons. The molecule has 0 aromatic heterocycles.